The molecule has 0 unspecified atom stereocenters. The molecule has 0 aliphatic carbocycles. The highest BCUT2D eigenvalue weighted by molar-refractivity contribution is 14.1. The van der Waals surface area contributed by atoms with Gasteiger partial charge in [0.2, 0.25) is 5.88 Å². The van der Waals surface area contributed by atoms with Crippen molar-refractivity contribution in [2.45, 2.75) is 0 Å². The number of halogens is 1. The number of aromatic nitrogens is 3. The molecule has 0 saturated heterocycles. The lowest BCUT2D eigenvalue weighted by atomic mass is 10.2. The molecule has 27 heavy (non-hydrogen) atoms. The fourth-order valence-electron chi connectivity index (χ4n) is 2.21. The zero-order valence-corrected chi connectivity index (χ0v) is 15.7. The Morgan fingerprint density at radius 3 is 2.52 bits per heavy atom. The van der Waals surface area contributed by atoms with E-state index in [2.05, 4.69) is 43.1 Å². The van der Waals surface area contributed by atoms with Crippen LogP contribution in [0.1, 0.15) is 15.9 Å². The van der Waals surface area contributed by atoms with E-state index < -0.39 is 23.0 Å². The number of hydrazone groups is 1. The minimum Gasteiger partial charge on any atom is -0.493 e. The van der Waals surface area contributed by atoms with Crippen molar-refractivity contribution in [2.24, 2.45) is 5.10 Å². The summed E-state index contributed by atoms with van der Waals surface area (Å²) in [6.07, 6.45) is 3.87. The highest BCUT2D eigenvalue weighted by Gasteiger charge is 2.14. The quantitative estimate of drug-likeness (QED) is 0.293. The van der Waals surface area contributed by atoms with E-state index in [9.17, 15) is 19.5 Å². The lowest BCUT2D eigenvalue weighted by Crippen LogP contribution is -2.31. The van der Waals surface area contributed by atoms with Gasteiger partial charge in [0.1, 0.15) is 5.56 Å². The molecule has 3 aromatic rings. The zero-order chi connectivity index (χ0) is 19.4. The van der Waals surface area contributed by atoms with Gasteiger partial charge in [0.15, 0.2) is 0 Å². The molecular weight excluding hydrogens is 465 g/mol. The van der Waals surface area contributed by atoms with Crippen LogP contribution in [0.15, 0.2) is 63.5 Å². The molecule has 1 amide bonds. The molecule has 3 rings (SSSR count). The lowest BCUT2D eigenvalue weighted by molar-refractivity contribution is 0.0955. The fraction of sp³-hybridized carbons (Fsp3) is 0. The Morgan fingerprint density at radius 1 is 1.19 bits per heavy atom. The molecule has 2 heterocycles. The van der Waals surface area contributed by atoms with Crippen molar-refractivity contribution >= 4 is 34.7 Å². The van der Waals surface area contributed by atoms with Crippen LogP contribution in [0, 0.1) is 3.57 Å². The third-order valence-corrected chi connectivity index (χ3v) is 4.23. The summed E-state index contributed by atoms with van der Waals surface area (Å²) in [5.74, 6) is -1.11. The number of aromatic hydroxyl groups is 1. The van der Waals surface area contributed by atoms with E-state index in [1.807, 2.05) is 0 Å². The fourth-order valence-corrected chi connectivity index (χ4v) is 2.57. The lowest BCUT2D eigenvalue weighted by Gasteiger charge is -2.09. The highest BCUT2D eigenvalue weighted by atomic mass is 127. The molecule has 0 bridgehead atoms. The van der Waals surface area contributed by atoms with Gasteiger partial charge in [-0.25, -0.2) is 14.8 Å². The van der Waals surface area contributed by atoms with E-state index >= 15 is 0 Å². The van der Waals surface area contributed by atoms with Crippen LogP contribution in [-0.4, -0.2) is 31.8 Å². The van der Waals surface area contributed by atoms with E-state index in [-0.39, 0.29) is 5.56 Å². The average Bonchev–Trinajstić information content (AvgIpc) is 2.66. The third-order valence-electron chi connectivity index (χ3n) is 3.51. The van der Waals surface area contributed by atoms with Crippen molar-refractivity contribution < 1.29 is 9.90 Å². The van der Waals surface area contributed by atoms with Crippen LogP contribution in [0.25, 0.3) is 5.69 Å². The van der Waals surface area contributed by atoms with Gasteiger partial charge in [0, 0.05) is 21.5 Å². The number of H-pyrrole nitrogens is 1. The summed E-state index contributed by atoms with van der Waals surface area (Å²) in [5.41, 5.74) is 1.02. The van der Waals surface area contributed by atoms with Crippen molar-refractivity contribution in [1.82, 2.24) is 20.0 Å². The van der Waals surface area contributed by atoms with Crippen molar-refractivity contribution in [3.8, 4) is 11.6 Å². The van der Waals surface area contributed by atoms with Crippen LogP contribution in [0.4, 0.5) is 0 Å². The SMILES string of the molecule is O=C(N/N=C\c1c(O)n(-c2ccc(I)cc2)c(=O)[nH]c1=O)c1ccncc1. The first-order valence-electron chi connectivity index (χ1n) is 7.55. The Labute approximate surface area is 165 Å². The molecule has 136 valence electrons. The summed E-state index contributed by atoms with van der Waals surface area (Å²) < 4.78 is 1.87. The van der Waals surface area contributed by atoms with Crippen molar-refractivity contribution in [3.05, 3.63) is 84.3 Å². The monoisotopic (exact) mass is 477 g/mol. The van der Waals surface area contributed by atoms with Gasteiger partial charge in [-0.15, -0.1) is 0 Å². The molecule has 0 aliphatic heterocycles. The van der Waals surface area contributed by atoms with Gasteiger partial charge in [0.25, 0.3) is 11.5 Å². The number of aromatic amines is 1. The first-order chi connectivity index (χ1) is 13.0. The predicted molar refractivity (Wildman–Crippen MR) is 106 cm³/mol. The molecule has 0 aliphatic rings. The van der Waals surface area contributed by atoms with Crippen LogP contribution < -0.4 is 16.7 Å². The first-order valence-corrected chi connectivity index (χ1v) is 8.63. The number of carbonyl (C=O) groups is 1. The molecule has 0 fully saturated rings. The normalized spacial score (nSPS) is 10.9. The largest absolute Gasteiger partial charge is 0.493 e. The molecule has 2 aromatic heterocycles. The molecule has 1 aromatic carbocycles. The second-order valence-corrected chi connectivity index (χ2v) is 6.49. The van der Waals surface area contributed by atoms with Gasteiger partial charge in [-0.2, -0.15) is 5.10 Å². The summed E-state index contributed by atoms with van der Waals surface area (Å²) in [5, 5.41) is 14.1. The van der Waals surface area contributed by atoms with E-state index in [1.54, 1.807) is 24.3 Å². The van der Waals surface area contributed by atoms with Gasteiger partial charge < -0.3 is 5.11 Å². The summed E-state index contributed by atoms with van der Waals surface area (Å²) in [6, 6.07) is 9.71. The van der Waals surface area contributed by atoms with Gasteiger partial charge in [-0.3, -0.25) is 19.6 Å². The van der Waals surface area contributed by atoms with Crippen LogP contribution in [-0.2, 0) is 0 Å². The predicted octanol–water partition coefficient (Wildman–Crippen LogP) is 0.995. The Kier molecular flexibility index (Phi) is 5.45. The van der Waals surface area contributed by atoms with Gasteiger partial charge in [-0.1, -0.05) is 0 Å². The maximum atomic E-state index is 12.1. The Morgan fingerprint density at radius 2 is 1.85 bits per heavy atom. The molecule has 0 spiro atoms. The third kappa shape index (κ3) is 4.11. The maximum Gasteiger partial charge on any atom is 0.335 e. The first kappa shape index (κ1) is 18.5. The van der Waals surface area contributed by atoms with E-state index in [0.717, 1.165) is 14.4 Å². The molecular formula is C17H12IN5O4. The topological polar surface area (TPSA) is 129 Å². The summed E-state index contributed by atoms with van der Waals surface area (Å²) >= 11 is 2.10. The van der Waals surface area contributed by atoms with Gasteiger partial charge in [0.05, 0.1) is 11.9 Å². The summed E-state index contributed by atoms with van der Waals surface area (Å²) in [6.45, 7) is 0. The number of nitrogens with zero attached hydrogens (tertiary/aromatic N) is 3. The van der Waals surface area contributed by atoms with E-state index in [0.29, 0.717) is 11.3 Å². The number of hydrogen-bond donors (Lipinski definition) is 3. The van der Waals surface area contributed by atoms with Crippen LogP contribution in [0.2, 0.25) is 0 Å². The van der Waals surface area contributed by atoms with Crippen LogP contribution >= 0.6 is 22.6 Å². The van der Waals surface area contributed by atoms with Crippen LogP contribution in [0.3, 0.4) is 0 Å². The van der Waals surface area contributed by atoms with Gasteiger partial charge in [-0.05, 0) is 59.0 Å². The highest BCUT2D eigenvalue weighted by Crippen LogP contribution is 2.16. The Balaban J connectivity index is 1.93. The number of hydrogen-bond acceptors (Lipinski definition) is 6. The second kappa shape index (κ2) is 7.95. The molecule has 9 nitrogen and oxygen atoms in total. The number of amides is 1. The smallest absolute Gasteiger partial charge is 0.335 e. The standard InChI is InChI=1S/C17H12IN5O4/c18-11-1-3-12(4-2-11)23-16(26)13(15(25)21-17(23)27)9-20-22-14(24)10-5-7-19-8-6-10/h1-9,26H,(H,22,24)(H,21,25,27)/b20-9-. The molecule has 0 saturated carbocycles. The average molecular weight is 477 g/mol. The second-order valence-electron chi connectivity index (χ2n) is 5.24. The number of pyridine rings is 1. The summed E-state index contributed by atoms with van der Waals surface area (Å²) in [4.78, 5) is 41.9. The van der Waals surface area contributed by atoms with Crippen LogP contribution in [0.5, 0.6) is 5.88 Å². The maximum absolute atomic E-state index is 12.1. The molecule has 0 atom stereocenters. The van der Waals surface area contributed by atoms with E-state index in [4.69, 9.17) is 0 Å². The minimum atomic E-state index is -0.832. The van der Waals surface area contributed by atoms with Crippen molar-refractivity contribution in [2.75, 3.05) is 0 Å². The van der Waals surface area contributed by atoms with Crippen molar-refractivity contribution in [1.29, 1.82) is 0 Å². The zero-order valence-electron chi connectivity index (χ0n) is 13.6. The van der Waals surface area contributed by atoms with E-state index in [1.165, 1.54) is 24.5 Å². The Hall–Kier alpha value is -3.28. The number of carbonyl (C=O) groups excluding carboxylic acids is 1. The number of benzene rings is 1. The minimum absolute atomic E-state index is 0.275. The number of nitrogens with one attached hydrogen (secondary N) is 2. The molecule has 10 heteroatoms. The Bertz CT molecular complexity index is 1120. The van der Waals surface area contributed by atoms with Gasteiger partial charge >= 0.3 is 5.69 Å². The summed E-state index contributed by atoms with van der Waals surface area (Å²) in [7, 11) is 0. The van der Waals surface area contributed by atoms with Crippen molar-refractivity contribution in [3.63, 3.8) is 0 Å². The molecule has 3 N–H and O–H groups in total. The number of rotatable bonds is 4. The molecule has 0 radical (unpaired) electrons.